The van der Waals surface area contributed by atoms with Crippen molar-refractivity contribution in [3.63, 3.8) is 0 Å². The van der Waals surface area contributed by atoms with Crippen molar-refractivity contribution in [2.24, 2.45) is 0 Å². The lowest BCUT2D eigenvalue weighted by Crippen LogP contribution is -2.03. The van der Waals surface area contributed by atoms with Gasteiger partial charge in [0.1, 0.15) is 11.5 Å². The van der Waals surface area contributed by atoms with Crippen LogP contribution in [0.4, 0.5) is 5.69 Å². The van der Waals surface area contributed by atoms with Gasteiger partial charge in [0.2, 0.25) is 0 Å². The van der Waals surface area contributed by atoms with Gasteiger partial charge in [-0.3, -0.25) is 4.79 Å². The van der Waals surface area contributed by atoms with Crippen LogP contribution in [0.25, 0.3) is 22.9 Å². The molecule has 25 heavy (non-hydrogen) atoms. The van der Waals surface area contributed by atoms with E-state index in [9.17, 15) is 4.79 Å². The summed E-state index contributed by atoms with van der Waals surface area (Å²) >= 11 is 12.6. The monoisotopic (exact) mass is 370 g/mol. The maximum absolute atomic E-state index is 12.4. The molecule has 0 saturated heterocycles. The van der Waals surface area contributed by atoms with Crippen LogP contribution < -0.4 is 5.32 Å². The molecular weight excluding hydrogens is 359 g/mol. The summed E-state index contributed by atoms with van der Waals surface area (Å²) in [6.07, 6.45) is 1.77. The Hall–Kier alpha value is -2.56. The van der Waals surface area contributed by atoms with Crippen LogP contribution in [0.3, 0.4) is 0 Å². The highest BCUT2D eigenvalue weighted by atomic mass is 35.5. The molecule has 0 fully saturated rings. The van der Waals surface area contributed by atoms with Gasteiger partial charge in [-0.15, -0.1) is 0 Å². The molecule has 0 radical (unpaired) electrons. The number of carbonyl (C=O) groups excluding carboxylic acids is 1. The zero-order chi connectivity index (χ0) is 17.6. The van der Waals surface area contributed by atoms with Crippen molar-refractivity contribution in [3.05, 3.63) is 69.4 Å². The maximum Gasteiger partial charge on any atom is 0.256 e. The van der Waals surface area contributed by atoms with E-state index >= 15 is 0 Å². The van der Waals surface area contributed by atoms with Crippen LogP contribution in [-0.2, 0) is 4.79 Å². The van der Waals surface area contributed by atoms with E-state index in [-0.39, 0.29) is 5.91 Å². The predicted molar refractivity (Wildman–Crippen MR) is 99.6 cm³/mol. The summed E-state index contributed by atoms with van der Waals surface area (Å²) in [5.74, 6) is 0.411. The van der Waals surface area contributed by atoms with Gasteiger partial charge in [-0.2, -0.15) is 0 Å². The van der Waals surface area contributed by atoms with E-state index in [1.165, 1.54) is 0 Å². The van der Waals surface area contributed by atoms with E-state index in [1.807, 2.05) is 24.3 Å². The lowest BCUT2D eigenvalue weighted by molar-refractivity contribution is -0.110. The highest BCUT2D eigenvalue weighted by Crippen LogP contribution is 2.39. The highest BCUT2D eigenvalue weighted by Gasteiger charge is 2.26. The largest absolute Gasteiger partial charge is 0.360 e. The number of hydrogen-bond donors (Lipinski definition) is 1. The number of carbonyl (C=O) groups is 1. The fourth-order valence-corrected chi connectivity index (χ4v) is 3.46. The van der Waals surface area contributed by atoms with E-state index in [4.69, 9.17) is 27.7 Å². The summed E-state index contributed by atoms with van der Waals surface area (Å²) < 4.78 is 5.35. The summed E-state index contributed by atoms with van der Waals surface area (Å²) in [7, 11) is 0. The Labute approximate surface area is 154 Å². The first-order valence-corrected chi connectivity index (χ1v) is 8.35. The second-order valence-corrected chi connectivity index (χ2v) is 6.47. The molecule has 1 N–H and O–H groups in total. The second-order valence-electron chi connectivity index (χ2n) is 5.66. The molecule has 6 heteroatoms. The number of rotatable bonds is 2. The van der Waals surface area contributed by atoms with E-state index in [1.54, 1.807) is 31.2 Å². The average Bonchev–Trinajstić information content (AvgIpc) is 3.09. The molecule has 0 saturated carbocycles. The third-order valence-electron chi connectivity index (χ3n) is 4.11. The Morgan fingerprint density at radius 2 is 1.80 bits per heavy atom. The third-order valence-corrected chi connectivity index (χ3v) is 4.74. The van der Waals surface area contributed by atoms with Crippen molar-refractivity contribution >= 4 is 46.4 Å². The number of amides is 1. The second kappa shape index (κ2) is 6.06. The third kappa shape index (κ3) is 2.64. The molecule has 1 aliphatic rings. The van der Waals surface area contributed by atoms with Crippen LogP contribution in [0.2, 0.25) is 10.0 Å². The molecule has 2 heterocycles. The van der Waals surface area contributed by atoms with Crippen LogP contribution in [-0.4, -0.2) is 11.1 Å². The molecule has 0 spiro atoms. The summed E-state index contributed by atoms with van der Waals surface area (Å²) in [6.45, 7) is 1.78. The number of aryl methyl sites for hydroxylation is 1. The number of nitrogens with one attached hydrogen (secondary N) is 1. The molecule has 2 aromatic carbocycles. The number of aromatic nitrogens is 1. The van der Waals surface area contributed by atoms with E-state index in [2.05, 4.69) is 10.5 Å². The van der Waals surface area contributed by atoms with Crippen molar-refractivity contribution in [3.8, 4) is 11.3 Å². The Morgan fingerprint density at radius 1 is 1.08 bits per heavy atom. The Bertz CT molecular complexity index is 1020. The number of hydrogen-bond acceptors (Lipinski definition) is 3. The van der Waals surface area contributed by atoms with Crippen LogP contribution in [0.1, 0.15) is 16.9 Å². The summed E-state index contributed by atoms with van der Waals surface area (Å²) in [5.41, 5.74) is 3.94. The van der Waals surface area contributed by atoms with Gasteiger partial charge in [0.05, 0.1) is 10.0 Å². The molecule has 0 atom stereocenters. The summed E-state index contributed by atoms with van der Waals surface area (Å²) in [4.78, 5) is 12.4. The molecule has 1 amide bonds. The summed E-state index contributed by atoms with van der Waals surface area (Å²) in [5, 5.41) is 7.90. The van der Waals surface area contributed by atoms with E-state index in [0.717, 1.165) is 11.3 Å². The van der Waals surface area contributed by atoms with Crippen LogP contribution in [0, 0.1) is 6.92 Å². The normalized spacial score (nSPS) is 14.7. The zero-order valence-electron chi connectivity index (χ0n) is 13.1. The lowest BCUT2D eigenvalue weighted by atomic mass is 10.0. The standard InChI is InChI=1S/C19H12Cl2N2O2/c1-10-12(9-13-11-5-2-3-8-16(11)22-19(13)24)18(23-25-10)17-14(20)6-4-7-15(17)21/h2-9H,1H3,(H,22,24)/b13-9+. The number of benzene rings is 2. The lowest BCUT2D eigenvalue weighted by Gasteiger charge is -2.05. The van der Waals surface area contributed by atoms with Gasteiger partial charge in [0.25, 0.3) is 5.91 Å². The average molecular weight is 371 g/mol. The van der Waals surface area contributed by atoms with Gasteiger partial charge in [-0.1, -0.05) is 52.6 Å². The summed E-state index contributed by atoms with van der Waals surface area (Å²) in [6, 6.07) is 12.8. The van der Waals surface area contributed by atoms with Gasteiger partial charge in [-0.25, -0.2) is 0 Å². The van der Waals surface area contributed by atoms with Gasteiger partial charge < -0.3 is 9.84 Å². The molecule has 1 aliphatic heterocycles. The van der Waals surface area contributed by atoms with Crippen molar-refractivity contribution in [2.75, 3.05) is 5.32 Å². The van der Waals surface area contributed by atoms with E-state index < -0.39 is 0 Å². The molecule has 0 bridgehead atoms. The van der Waals surface area contributed by atoms with E-state index in [0.29, 0.717) is 38.2 Å². The predicted octanol–water partition coefficient (Wildman–Crippen LogP) is 5.45. The van der Waals surface area contributed by atoms with Gasteiger partial charge in [0, 0.05) is 28.0 Å². The minimum absolute atomic E-state index is 0.169. The fourth-order valence-electron chi connectivity index (χ4n) is 2.88. The van der Waals surface area contributed by atoms with Gasteiger partial charge in [-0.05, 0) is 31.2 Å². The first kappa shape index (κ1) is 15.9. The molecule has 3 aromatic rings. The SMILES string of the molecule is Cc1onc(-c2c(Cl)cccc2Cl)c1/C=C1/C(=O)Nc2ccccc21. The highest BCUT2D eigenvalue weighted by molar-refractivity contribution is 6.39. The minimum Gasteiger partial charge on any atom is -0.360 e. The van der Waals surface area contributed by atoms with Gasteiger partial charge in [0.15, 0.2) is 0 Å². The Balaban J connectivity index is 1.92. The molecular formula is C19H12Cl2N2O2. The molecule has 4 nitrogen and oxygen atoms in total. The van der Waals surface area contributed by atoms with Crippen molar-refractivity contribution in [1.82, 2.24) is 5.16 Å². The van der Waals surface area contributed by atoms with Crippen LogP contribution >= 0.6 is 23.2 Å². The molecule has 0 unspecified atom stereocenters. The number of halogens is 2. The minimum atomic E-state index is -0.169. The van der Waals surface area contributed by atoms with Gasteiger partial charge >= 0.3 is 0 Å². The number of anilines is 1. The number of fused-ring (bicyclic) bond motifs is 1. The first-order chi connectivity index (χ1) is 12.1. The van der Waals surface area contributed by atoms with Crippen LogP contribution in [0.5, 0.6) is 0 Å². The molecule has 0 aliphatic carbocycles. The topological polar surface area (TPSA) is 55.1 Å². The first-order valence-electron chi connectivity index (χ1n) is 7.59. The Morgan fingerprint density at radius 3 is 2.56 bits per heavy atom. The maximum atomic E-state index is 12.4. The van der Waals surface area contributed by atoms with Crippen LogP contribution in [0.15, 0.2) is 47.0 Å². The smallest absolute Gasteiger partial charge is 0.256 e. The van der Waals surface area contributed by atoms with Crippen molar-refractivity contribution in [2.45, 2.75) is 6.92 Å². The number of nitrogens with zero attached hydrogens (tertiary/aromatic N) is 1. The fraction of sp³-hybridized carbons (Fsp3) is 0.0526. The Kier molecular flexibility index (Phi) is 3.86. The zero-order valence-corrected chi connectivity index (χ0v) is 14.7. The van der Waals surface area contributed by atoms with Crippen molar-refractivity contribution in [1.29, 1.82) is 0 Å². The number of para-hydroxylation sites is 1. The van der Waals surface area contributed by atoms with Crippen molar-refractivity contribution < 1.29 is 9.32 Å². The molecule has 1 aromatic heterocycles. The molecule has 4 rings (SSSR count). The molecule has 124 valence electrons. The quantitative estimate of drug-likeness (QED) is 0.610.